The van der Waals surface area contributed by atoms with Crippen LogP contribution in [0, 0.1) is 0 Å². The van der Waals surface area contributed by atoms with Crippen molar-refractivity contribution in [1.82, 2.24) is 25.0 Å². The van der Waals surface area contributed by atoms with Crippen LogP contribution in [0.4, 0.5) is 13.2 Å². The first-order valence-electron chi connectivity index (χ1n) is 11.2. The van der Waals surface area contributed by atoms with Crippen LogP contribution in [0.1, 0.15) is 21.5 Å². The van der Waals surface area contributed by atoms with Crippen molar-refractivity contribution in [2.24, 2.45) is 0 Å². The molecule has 0 saturated heterocycles. The normalized spacial score (nSPS) is 11.4. The highest BCUT2D eigenvalue weighted by Crippen LogP contribution is 2.33. The second-order valence-corrected chi connectivity index (χ2v) is 8.49. The van der Waals surface area contributed by atoms with E-state index in [0.29, 0.717) is 33.1 Å². The number of rotatable bonds is 7. The topological polar surface area (TPSA) is 82.8 Å². The summed E-state index contributed by atoms with van der Waals surface area (Å²) in [5, 5.41) is 8.90. The average molecular weight is 536 g/mol. The van der Waals surface area contributed by atoms with Gasteiger partial charge < -0.3 is 4.74 Å². The van der Waals surface area contributed by atoms with E-state index in [4.69, 9.17) is 11.6 Å². The van der Waals surface area contributed by atoms with Crippen molar-refractivity contribution in [3.8, 4) is 28.4 Å². The molecular weight excluding hydrogens is 519 g/mol. The lowest BCUT2D eigenvalue weighted by Gasteiger charge is -2.12. The van der Waals surface area contributed by atoms with Crippen LogP contribution < -0.4 is 4.74 Å². The van der Waals surface area contributed by atoms with Crippen LogP contribution >= 0.6 is 11.6 Å². The number of halogens is 4. The first kappa shape index (κ1) is 25.1. The molecular formula is C27H17ClF3N5O2. The number of ketones is 1. The Kier molecular flexibility index (Phi) is 6.89. The number of hydrogen-bond donors (Lipinski definition) is 0. The quantitative estimate of drug-likeness (QED) is 0.230. The maximum absolute atomic E-state index is 13.5. The van der Waals surface area contributed by atoms with Gasteiger partial charge in [-0.05, 0) is 54.1 Å². The van der Waals surface area contributed by atoms with Crippen molar-refractivity contribution in [2.75, 3.05) is 0 Å². The van der Waals surface area contributed by atoms with Gasteiger partial charge in [0.15, 0.2) is 5.78 Å². The first-order chi connectivity index (χ1) is 18.3. The number of aromatic nitrogens is 5. The first-order valence-corrected chi connectivity index (χ1v) is 11.6. The molecule has 5 rings (SSSR count). The predicted octanol–water partition coefficient (Wildman–Crippen LogP) is 6.23. The number of carbonyl (C=O) groups is 1. The summed E-state index contributed by atoms with van der Waals surface area (Å²) in [6.45, 7) is 0.0698. The van der Waals surface area contributed by atoms with Crippen molar-refractivity contribution >= 4 is 17.4 Å². The van der Waals surface area contributed by atoms with E-state index in [2.05, 4.69) is 25.0 Å². The van der Waals surface area contributed by atoms with E-state index in [1.807, 2.05) is 0 Å². The molecule has 190 valence electrons. The number of hydrogen-bond acceptors (Lipinski definition) is 6. The molecule has 3 aromatic heterocycles. The van der Waals surface area contributed by atoms with E-state index in [0.717, 1.165) is 0 Å². The van der Waals surface area contributed by atoms with Gasteiger partial charge in [0.1, 0.15) is 17.1 Å². The molecule has 0 saturated carbocycles. The fraction of sp³-hybridized carbons (Fsp3) is 0.0741. The summed E-state index contributed by atoms with van der Waals surface area (Å²) in [6, 6.07) is 19.0. The third-order valence-corrected chi connectivity index (χ3v) is 5.88. The van der Waals surface area contributed by atoms with Gasteiger partial charge in [-0.15, -0.1) is 18.3 Å². The van der Waals surface area contributed by atoms with Gasteiger partial charge >= 0.3 is 6.36 Å². The van der Waals surface area contributed by atoms with Gasteiger partial charge in [0, 0.05) is 29.7 Å². The lowest BCUT2D eigenvalue weighted by molar-refractivity contribution is -0.274. The minimum absolute atomic E-state index is 0.0698. The molecule has 3 heterocycles. The summed E-state index contributed by atoms with van der Waals surface area (Å²) in [5.41, 5.74) is 2.84. The molecule has 0 radical (unpaired) electrons. The van der Waals surface area contributed by atoms with Crippen molar-refractivity contribution in [3.05, 3.63) is 113 Å². The average Bonchev–Trinajstić information content (AvgIpc) is 3.31. The summed E-state index contributed by atoms with van der Waals surface area (Å²) < 4.78 is 43.8. The molecule has 0 unspecified atom stereocenters. The van der Waals surface area contributed by atoms with Crippen molar-refractivity contribution in [1.29, 1.82) is 0 Å². The smallest absolute Gasteiger partial charge is 0.406 e. The number of ether oxygens (including phenoxy) is 1. The van der Waals surface area contributed by atoms with Gasteiger partial charge in [0.25, 0.3) is 0 Å². The van der Waals surface area contributed by atoms with Crippen molar-refractivity contribution < 1.29 is 22.7 Å². The second-order valence-electron chi connectivity index (χ2n) is 8.08. The molecule has 0 atom stereocenters. The van der Waals surface area contributed by atoms with E-state index < -0.39 is 6.36 Å². The molecule has 2 aromatic carbocycles. The Morgan fingerprint density at radius 3 is 2.42 bits per heavy atom. The number of pyridine rings is 2. The fourth-order valence-corrected chi connectivity index (χ4v) is 4.18. The van der Waals surface area contributed by atoms with E-state index >= 15 is 0 Å². The zero-order chi connectivity index (χ0) is 26.7. The molecule has 0 aliphatic rings. The predicted molar refractivity (Wildman–Crippen MR) is 134 cm³/mol. The number of benzene rings is 2. The highest BCUT2D eigenvalue weighted by molar-refractivity contribution is 6.35. The van der Waals surface area contributed by atoms with Gasteiger partial charge in [-0.1, -0.05) is 41.1 Å². The van der Waals surface area contributed by atoms with Gasteiger partial charge in [-0.25, -0.2) is 4.68 Å². The lowest BCUT2D eigenvalue weighted by atomic mass is 9.98. The minimum atomic E-state index is -4.81. The van der Waals surface area contributed by atoms with Gasteiger partial charge in [-0.2, -0.15) is 0 Å². The molecule has 11 heteroatoms. The standard InChI is InChI=1S/C27H17ClF3N5O2/c28-22-9-2-1-7-20(22)26(37)21-8-4-12-33-23(21)24-25(18-10-13-32-14-11-18)36(35-34-24)16-17-5-3-6-19(15-17)38-27(29,30)31/h1-15H,16H2. The van der Waals surface area contributed by atoms with Crippen molar-refractivity contribution in [2.45, 2.75) is 12.9 Å². The Morgan fingerprint density at radius 1 is 0.895 bits per heavy atom. The fourth-order valence-electron chi connectivity index (χ4n) is 3.96. The van der Waals surface area contributed by atoms with Gasteiger partial charge in [0.2, 0.25) is 0 Å². The molecule has 0 bridgehead atoms. The molecule has 0 spiro atoms. The van der Waals surface area contributed by atoms with Gasteiger partial charge in [0.05, 0.1) is 22.8 Å². The summed E-state index contributed by atoms with van der Waals surface area (Å²) in [4.78, 5) is 22.0. The molecule has 0 amide bonds. The van der Waals surface area contributed by atoms with Crippen molar-refractivity contribution in [3.63, 3.8) is 0 Å². The molecule has 0 aliphatic heterocycles. The maximum Gasteiger partial charge on any atom is 0.573 e. The zero-order valence-corrected chi connectivity index (χ0v) is 20.2. The molecule has 0 aliphatic carbocycles. The molecule has 5 aromatic rings. The Morgan fingerprint density at radius 2 is 1.66 bits per heavy atom. The Labute approximate surface area is 219 Å². The van der Waals surface area contributed by atoms with Crippen LogP contribution in [-0.4, -0.2) is 37.1 Å². The van der Waals surface area contributed by atoms with Crippen LogP contribution in [0.25, 0.3) is 22.6 Å². The van der Waals surface area contributed by atoms with E-state index in [1.54, 1.807) is 67.0 Å². The van der Waals surface area contributed by atoms with E-state index in [-0.39, 0.29) is 29.3 Å². The van der Waals surface area contributed by atoms with E-state index in [1.165, 1.54) is 29.1 Å². The van der Waals surface area contributed by atoms with E-state index in [9.17, 15) is 18.0 Å². The van der Waals surface area contributed by atoms with Crippen LogP contribution in [0.15, 0.2) is 91.4 Å². The SMILES string of the molecule is O=C(c1ccccc1Cl)c1cccnc1-c1nnn(Cc2cccc(OC(F)(F)F)c2)c1-c1ccncc1. The molecule has 38 heavy (non-hydrogen) atoms. The lowest BCUT2D eigenvalue weighted by Crippen LogP contribution is -2.17. The maximum atomic E-state index is 13.5. The highest BCUT2D eigenvalue weighted by Gasteiger charge is 2.31. The van der Waals surface area contributed by atoms with Gasteiger partial charge in [-0.3, -0.25) is 14.8 Å². The second kappa shape index (κ2) is 10.4. The van der Waals surface area contributed by atoms with Crippen LogP contribution in [0.2, 0.25) is 5.02 Å². The summed E-state index contributed by atoms with van der Waals surface area (Å²) in [7, 11) is 0. The zero-order valence-electron chi connectivity index (χ0n) is 19.4. The van der Waals surface area contributed by atoms with Crippen LogP contribution in [-0.2, 0) is 6.54 Å². The minimum Gasteiger partial charge on any atom is -0.406 e. The molecule has 0 fully saturated rings. The number of alkyl halides is 3. The Hall–Kier alpha value is -4.57. The highest BCUT2D eigenvalue weighted by atomic mass is 35.5. The Balaban J connectivity index is 1.60. The summed E-state index contributed by atoms with van der Waals surface area (Å²) in [5.74, 6) is -0.691. The summed E-state index contributed by atoms with van der Waals surface area (Å²) >= 11 is 6.28. The third-order valence-electron chi connectivity index (χ3n) is 5.55. The van der Waals surface area contributed by atoms with Crippen LogP contribution in [0.5, 0.6) is 5.75 Å². The number of nitrogens with zero attached hydrogens (tertiary/aromatic N) is 5. The van der Waals surface area contributed by atoms with Crippen LogP contribution in [0.3, 0.4) is 0 Å². The Bertz CT molecular complexity index is 1610. The molecule has 7 nitrogen and oxygen atoms in total. The third kappa shape index (κ3) is 5.40. The summed E-state index contributed by atoms with van der Waals surface area (Å²) in [6.07, 6.45) is -0.109. The monoisotopic (exact) mass is 535 g/mol. The largest absolute Gasteiger partial charge is 0.573 e. The number of carbonyl (C=O) groups excluding carboxylic acids is 1. The molecule has 0 N–H and O–H groups in total.